The highest BCUT2D eigenvalue weighted by molar-refractivity contribution is 5.89. The summed E-state index contributed by atoms with van der Waals surface area (Å²) in [7, 11) is 1.33. The molecule has 1 saturated heterocycles. The Kier molecular flexibility index (Phi) is 5.48. The highest BCUT2D eigenvalue weighted by Gasteiger charge is 2.36. The van der Waals surface area contributed by atoms with Gasteiger partial charge in [0.1, 0.15) is 11.5 Å². The van der Waals surface area contributed by atoms with E-state index in [0.29, 0.717) is 30.0 Å². The topological polar surface area (TPSA) is 90.7 Å². The van der Waals surface area contributed by atoms with E-state index < -0.39 is 12.0 Å². The molecule has 2 atom stereocenters. The summed E-state index contributed by atoms with van der Waals surface area (Å²) < 4.78 is 10.6. The number of esters is 1. The Labute approximate surface area is 151 Å². The molecule has 136 valence electrons. The third-order valence-electron chi connectivity index (χ3n) is 4.54. The third-order valence-corrected chi connectivity index (χ3v) is 4.54. The zero-order valence-electron chi connectivity index (χ0n) is 14.4. The Bertz CT molecular complexity index is 791. The van der Waals surface area contributed by atoms with Crippen molar-refractivity contribution in [3.63, 3.8) is 0 Å². The predicted octanol–water partition coefficient (Wildman–Crippen LogP) is 2.99. The van der Waals surface area contributed by atoms with E-state index in [1.807, 2.05) is 24.3 Å². The van der Waals surface area contributed by atoms with E-state index in [9.17, 15) is 14.9 Å². The summed E-state index contributed by atoms with van der Waals surface area (Å²) in [4.78, 5) is 22.7. The molecule has 1 aliphatic rings. The van der Waals surface area contributed by atoms with Crippen LogP contribution in [0.3, 0.4) is 0 Å². The minimum Gasteiger partial charge on any atom is -0.465 e. The van der Waals surface area contributed by atoms with Crippen LogP contribution in [-0.4, -0.2) is 37.1 Å². The quantitative estimate of drug-likeness (QED) is 0.503. The van der Waals surface area contributed by atoms with Crippen LogP contribution in [0.15, 0.2) is 48.5 Å². The molecule has 0 aliphatic carbocycles. The molecule has 1 fully saturated rings. The van der Waals surface area contributed by atoms with Crippen LogP contribution in [0.2, 0.25) is 0 Å². The molecule has 0 spiro atoms. The van der Waals surface area contributed by atoms with Crippen LogP contribution in [-0.2, 0) is 4.74 Å². The van der Waals surface area contributed by atoms with Crippen molar-refractivity contribution < 1.29 is 19.2 Å². The molecule has 0 bridgehead atoms. The molecule has 7 heteroatoms. The lowest BCUT2D eigenvalue weighted by atomic mass is 9.86. The van der Waals surface area contributed by atoms with E-state index in [1.165, 1.54) is 7.11 Å². The van der Waals surface area contributed by atoms with Gasteiger partial charge >= 0.3 is 5.97 Å². The molecule has 7 nitrogen and oxygen atoms in total. The van der Waals surface area contributed by atoms with Crippen LogP contribution in [0.4, 0.5) is 0 Å². The SMILES string of the molecule is COC(=O)c1ccc(Oc2ccccc2[C@H]2CCNC[C@@H]2[N+](=O)[O-])cc1. The van der Waals surface area contributed by atoms with Gasteiger partial charge in [-0.1, -0.05) is 18.2 Å². The van der Waals surface area contributed by atoms with Crippen molar-refractivity contribution in [1.29, 1.82) is 0 Å². The van der Waals surface area contributed by atoms with Gasteiger partial charge in [0.15, 0.2) is 0 Å². The molecule has 1 N–H and O–H groups in total. The highest BCUT2D eigenvalue weighted by Crippen LogP contribution is 2.36. The number of hydrogen-bond acceptors (Lipinski definition) is 6. The second-order valence-corrected chi connectivity index (χ2v) is 6.11. The molecule has 0 aromatic heterocycles. The summed E-state index contributed by atoms with van der Waals surface area (Å²) in [5.74, 6) is 0.519. The summed E-state index contributed by atoms with van der Waals surface area (Å²) in [5, 5.41) is 14.5. The van der Waals surface area contributed by atoms with Crippen molar-refractivity contribution in [1.82, 2.24) is 5.32 Å². The molecule has 0 amide bonds. The summed E-state index contributed by atoms with van der Waals surface area (Å²) in [6.07, 6.45) is 0.674. The van der Waals surface area contributed by atoms with Gasteiger partial charge in [0, 0.05) is 10.5 Å². The zero-order chi connectivity index (χ0) is 18.5. The number of methoxy groups -OCH3 is 1. The molecule has 26 heavy (non-hydrogen) atoms. The fourth-order valence-electron chi connectivity index (χ4n) is 3.21. The summed E-state index contributed by atoms with van der Waals surface area (Å²) in [5.41, 5.74) is 1.26. The van der Waals surface area contributed by atoms with E-state index in [2.05, 4.69) is 10.1 Å². The van der Waals surface area contributed by atoms with Gasteiger partial charge in [-0.15, -0.1) is 0 Å². The Morgan fingerprint density at radius 3 is 2.62 bits per heavy atom. The molecule has 1 heterocycles. The Morgan fingerprint density at radius 1 is 1.19 bits per heavy atom. The molecular weight excluding hydrogens is 336 g/mol. The summed E-state index contributed by atoms with van der Waals surface area (Å²) in [6, 6.07) is 13.3. The van der Waals surface area contributed by atoms with E-state index in [0.717, 1.165) is 12.1 Å². The first kappa shape index (κ1) is 17.9. The van der Waals surface area contributed by atoms with Crippen LogP contribution in [0.1, 0.15) is 28.3 Å². The Balaban J connectivity index is 1.85. The molecule has 2 aromatic rings. The van der Waals surface area contributed by atoms with Gasteiger partial charge in [-0.25, -0.2) is 4.79 Å². The summed E-state index contributed by atoms with van der Waals surface area (Å²) >= 11 is 0. The van der Waals surface area contributed by atoms with Crippen LogP contribution in [0, 0.1) is 10.1 Å². The number of nitrogens with one attached hydrogen (secondary N) is 1. The lowest BCUT2D eigenvalue weighted by Gasteiger charge is -2.27. The monoisotopic (exact) mass is 356 g/mol. The highest BCUT2D eigenvalue weighted by atomic mass is 16.6. The third kappa shape index (κ3) is 3.83. The number of rotatable bonds is 5. The van der Waals surface area contributed by atoms with E-state index in [-0.39, 0.29) is 10.8 Å². The van der Waals surface area contributed by atoms with E-state index in [4.69, 9.17) is 4.74 Å². The van der Waals surface area contributed by atoms with Gasteiger partial charge in [0.05, 0.1) is 25.1 Å². The number of ether oxygens (including phenoxy) is 2. The van der Waals surface area contributed by atoms with Gasteiger partial charge in [-0.2, -0.15) is 0 Å². The second kappa shape index (κ2) is 7.97. The molecule has 3 rings (SSSR count). The van der Waals surface area contributed by atoms with Crippen LogP contribution in [0.25, 0.3) is 0 Å². The number of piperidine rings is 1. The fraction of sp³-hybridized carbons (Fsp3) is 0.316. The Hall–Kier alpha value is -2.93. The maximum absolute atomic E-state index is 11.5. The molecular formula is C19H20N2O5. The minimum absolute atomic E-state index is 0.211. The normalized spacial score (nSPS) is 19.6. The van der Waals surface area contributed by atoms with Crippen molar-refractivity contribution >= 4 is 5.97 Å². The zero-order valence-corrected chi connectivity index (χ0v) is 14.4. The van der Waals surface area contributed by atoms with Gasteiger partial charge < -0.3 is 14.8 Å². The van der Waals surface area contributed by atoms with Crippen molar-refractivity contribution in [2.45, 2.75) is 18.4 Å². The number of para-hydroxylation sites is 1. The number of nitrogens with zero attached hydrogens (tertiary/aromatic N) is 1. The van der Waals surface area contributed by atoms with E-state index >= 15 is 0 Å². The molecule has 0 unspecified atom stereocenters. The first-order chi connectivity index (χ1) is 12.6. The Morgan fingerprint density at radius 2 is 1.92 bits per heavy atom. The van der Waals surface area contributed by atoms with Crippen molar-refractivity contribution in [2.24, 2.45) is 0 Å². The van der Waals surface area contributed by atoms with Gasteiger partial charge in [-0.05, 0) is 43.3 Å². The number of carbonyl (C=O) groups excluding carboxylic acids is 1. The number of hydrogen-bond donors (Lipinski definition) is 1. The van der Waals surface area contributed by atoms with Gasteiger partial charge in [0.2, 0.25) is 6.04 Å². The molecule has 0 saturated carbocycles. The number of nitro groups is 1. The first-order valence-corrected chi connectivity index (χ1v) is 8.39. The number of benzene rings is 2. The maximum Gasteiger partial charge on any atom is 0.337 e. The van der Waals surface area contributed by atoms with Crippen molar-refractivity contribution in [2.75, 3.05) is 20.2 Å². The van der Waals surface area contributed by atoms with E-state index in [1.54, 1.807) is 24.3 Å². The van der Waals surface area contributed by atoms with Crippen molar-refractivity contribution in [3.05, 3.63) is 69.8 Å². The lowest BCUT2D eigenvalue weighted by Crippen LogP contribution is -2.44. The lowest BCUT2D eigenvalue weighted by molar-refractivity contribution is -0.526. The maximum atomic E-state index is 11.5. The number of carbonyl (C=O) groups is 1. The van der Waals surface area contributed by atoms with Crippen LogP contribution in [0.5, 0.6) is 11.5 Å². The predicted molar refractivity (Wildman–Crippen MR) is 95.3 cm³/mol. The van der Waals surface area contributed by atoms with Crippen LogP contribution >= 0.6 is 0 Å². The molecule has 2 aromatic carbocycles. The molecule has 1 aliphatic heterocycles. The second-order valence-electron chi connectivity index (χ2n) is 6.11. The average Bonchev–Trinajstić information content (AvgIpc) is 2.68. The average molecular weight is 356 g/mol. The standard InChI is InChI=1S/C19H20N2O5/c1-25-19(22)13-6-8-14(9-7-13)26-18-5-3-2-4-16(18)15-10-11-20-12-17(15)21(23)24/h2-9,15,17,20H,10-12H2,1H3/t15-,17+/m1/s1. The van der Waals surface area contributed by atoms with Gasteiger partial charge in [0.25, 0.3) is 0 Å². The smallest absolute Gasteiger partial charge is 0.337 e. The van der Waals surface area contributed by atoms with Crippen LogP contribution < -0.4 is 10.1 Å². The molecule has 0 radical (unpaired) electrons. The minimum atomic E-state index is -0.685. The summed E-state index contributed by atoms with van der Waals surface area (Å²) in [6.45, 7) is 1.08. The van der Waals surface area contributed by atoms with Crippen molar-refractivity contribution in [3.8, 4) is 11.5 Å². The fourth-order valence-corrected chi connectivity index (χ4v) is 3.21. The van der Waals surface area contributed by atoms with Gasteiger partial charge in [-0.3, -0.25) is 10.1 Å². The largest absolute Gasteiger partial charge is 0.465 e. The first-order valence-electron chi connectivity index (χ1n) is 8.39.